The van der Waals surface area contributed by atoms with Gasteiger partial charge in [0.05, 0.1) is 24.8 Å². The summed E-state index contributed by atoms with van der Waals surface area (Å²) < 4.78 is 16.3. The highest BCUT2D eigenvalue weighted by molar-refractivity contribution is 6.33. The molecule has 0 spiro atoms. The number of carbonyl (C=O) groups excluding carboxylic acids is 2. The number of nitrogens with zero attached hydrogens (tertiary/aromatic N) is 1. The number of carbonyl (C=O) groups is 3. The molecule has 10 heteroatoms. The van der Waals surface area contributed by atoms with Crippen molar-refractivity contribution < 1.29 is 33.7 Å². The minimum absolute atomic E-state index is 0.0357. The van der Waals surface area contributed by atoms with Crippen LogP contribution in [0, 0.1) is 0 Å². The van der Waals surface area contributed by atoms with Crippen LogP contribution in [0.25, 0.3) is 0 Å². The van der Waals surface area contributed by atoms with Crippen molar-refractivity contribution in [3.05, 3.63) is 87.9 Å². The zero-order valence-electron chi connectivity index (χ0n) is 20.9. The van der Waals surface area contributed by atoms with Gasteiger partial charge in [0.25, 0.3) is 5.91 Å². The number of rotatable bonds is 8. The lowest BCUT2D eigenvalue weighted by Gasteiger charge is -2.28. The first-order valence-electron chi connectivity index (χ1n) is 11.9. The average molecular weight is 539 g/mol. The van der Waals surface area contributed by atoms with Gasteiger partial charge in [-0.05, 0) is 59.5 Å². The number of ether oxygens (including phenoxy) is 3. The van der Waals surface area contributed by atoms with Crippen LogP contribution in [0.2, 0.25) is 5.02 Å². The van der Waals surface area contributed by atoms with Crippen LogP contribution in [-0.4, -0.2) is 54.8 Å². The summed E-state index contributed by atoms with van der Waals surface area (Å²) in [6, 6.07) is 15.5. The highest BCUT2D eigenvalue weighted by atomic mass is 35.5. The smallest absolute Gasteiger partial charge is 0.415 e. The number of aliphatic carboxylic acids is 1. The molecule has 0 fully saturated rings. The topological polar surface area (TPSA) is 114 Å². The van der Waals surface area contributed by atoms with Gasteiger partial charge in [-0.1, -0.05) is 35.9 Å². The Morgan fingerprint density at radius 1 is 1.00 bits per heavy atom. The van der Waals surface area contributed by atoms with Gasteiger partial charge < -0.3 is 29.5 Å². The zero-order chi connectivity index (χ0) is 27.2. The predicted octanol–water partition coefficient (Wildman–Crippen LogP) is 4.34. The number of methoxy groups -OCH3 is 2. The quantitative estimate of drug-likeness (QED) is 0.438. The maximum absolute atomic E-state index is 12.8. The summed E-state index contributed by atoms with van der Waals surface area (Å²) in [7, 11) is 3.15. The molecule has 1 heterocycles. The third kappa shape index (κ3) is 6.18. The van der Waals surface area contributed by atoms with Crippen molar-refractivity contribution in [2.75, 3.05) is 20.8 Å². The van der Waals surface area contributed by atoms with Gasteiger partial charge >= 0.3 is 12.1 Å². The summed E-state index contributed by atoms with van der Waals surface area (Å²) >= 11 is 6.04. The van der Waals surface area contributed by atoms with E-state index in [2.05, 4.69) is 5.32 Å². The Kier molecular flexibility index (Phi) is 8.38. The summed E-state index contributed by atoms with van der Waals surface area (Å²) in [5.74, 6) is -0.187. The Hall–Kier alpha value is -4.24. The molecule has 3 aromatic rings. The summed E-state index contributed by atoms with van der Waals surface area (Å²) in [4.78, 5) is 38.7. The van der Waals surface area contributed by atoms with E-state index in [0.717, 1.165) is 11.1 Å². The van der Waals surface area contributed by atoms with Crippen LogP contribution in [0.4, 0.5) is 4.79 Å². The number of amides is 2. The van der Waals surface area contributed by atoms with Crippen LogP contribution in [0.1, 0.15) is 27.0 Å². The number of nitrogens with one attached hydrogen (secondary N) is 1. The normalized spacial score (nSPS) is 13.2. The molecule has 198 valence electrons. The molecule has 2 amide bonds. The fourth-order valence-corrected chi connectivity index (χ4v) is 4.44. The highest BCUT2D eigenvalue weighted by Gasteiger charge is 2.25. The van der Waals surface area contributed by atoms with E-state index in [4.69, 9.17) is 25.8 Å². The van der Waals surface area contributed by atoms with Crippen molar-refractivity contribution in [2.24, 2.45) is 0 Å². The molecule has 0 unspecified atom stereocenters. The van der Waals surface area contributed by atoms with Crippen LogP contribution < -0.4 is 19.5 Å². The van der Waals surface area contributed by atoms with Crippen molar-refractivity contribution >= 4 is 29.6 Å². The Bertz CT molecular complexity index is 1340. The molecule has 3 aromatic carbocycles. The maximum atomic E-state index is 12.8. The third-order valence-corrected chi connectivity index (χ3v) is 6.60. The molecule has 0 aromatic heterocycles. The van der Waals surface area contributed by atoms with Crippen LogP contribution in [0.15, 0.2) is 60.7 Å². The van der Waals surface area contributed by atoms with Gasteiger partial charge in [-0.3, -0.25) is 4.79 Å². The Balaban J connectivity index is 1.37. The van der Waals surface area contributed by atoms with Crippen molar-refractivity contribution in [1.82, 2.24) is 10.2 Å². The van der Waals surface area contributed by atoms with E-state index in [1.165, 1.54) is 6.07 Å². The molecule has 0 radical (unpaired) electrons. The van der Waals surface area contributed by atoms with E-state index < -0.39 is 24.0 Å². The number of carboxylic acids is 1. The molecule has 0 saturated heterocycles. The molecule has 0 bridgehead atoms. The van der Waals surface area contributed by atoms with Crippen molar-refractivity contribution in [3.63, 3.8) is 0 Å². The SMILES string of the molecule is COc1cc2c(cc1OC)CN(C(=O)Oc1ccc(C[C@H](NC(=O)c3ccccc3Cl)C(=O)O)cc1)CC2. The van der Waals surface area contributed by atoms with E-state index in [-0.39, 0.29) is 17.0 Å². The molecule has 2 N–H and O–H groups in total. The van der Waals surface area contributed by atoms with Crippen LogP contribution in [-0.2, 0) is 24.2 Å². The lowest BCUT2D eigenvalue weighted by atomic mass is 9.99. The molecule has 4 rings (SSSR count). The molecule has 0 saturated carbocycles. The zero-order valence-corrected chi connectivity index (χ0v) is 21.7. The second-order valence-corrected chi connectivity index (χ2v) is 9.11. The number of fused-ring (bicyclic) bond motifs is 1. The lowest BCUT2D eigenvalue weighted by molar-refractivity contribution is -0.139. The molecular weight excluding hydrogens is 512 g/mol. The minimum atomic E-state index is -1.18. The summed E-state index contributed by atoms with van der Waals surface area (Å²) in [5, 5.41) is 12.3. The molecule has 38 heavy (non-hydrogen) atoms. The third-order valence-electron chi connectivity index (χ3n) is 6.27. The minimum Gasteiger partial charge on any atom is -0.493 e. The molecular formula is C28H27ClN2O7. The number of hydrogen-bond acceptors (Lipinski definition) is 6. The van der Waals surface area contributed by atoms with E-state index in [9.17, 15) is 19.5 Å². The van der Waals surface area contributed by atoms with Gasteiger partial charge in [-0.2, -0.15) is 0 Å². The molecule has 0 aliphatic carbocycles. The van der Waals surface area contributed by atoms with E-state index in [0.29, 0.717) is 42.3 Å². The van der Waals surface area contributed by atoms with Gasteiger partial charge in [-0.25, -0.2) is 9.59 Å². The second kappa shape index (κ2) is 11.9. The van der Waals surface area contributed by atoms with Gasteiger partial charge in [0, 0.05) is 19.5 Å². The first kappa shape index (κ1) is 26.8. The molecule has 1 aliphatic rings. The Morgan fingerprint density at radius 2 is 1.66 bits per heavy atom. The Morgan fingerprint density at radius 3 is 2.29 bits per heavy atom. The fraction of sp³-hybridized carbons (Fsp3) is 0.250. The number of halogens is 1. The van der Waals surface area contributed by atoms with Crippen molar-refractivity contribution in [2.45, 2.75) is 25.4 Å². The highest BCUT2D eigenvalue weighted by Crippen LogP contribution is 2.33. The van der Waals surface area contributed by atoms with E-state index in [1.54, 1.807) is 61.6 Å². The number of benzene rings is 3. The van der Waals surface area contributed by atoms with Crippen LogP contribution >= 0.6 is 11.6 Å². The molecule has 1 aliphatic heterocycles. The van der Waals surface area contributed by atoms with Gasteiger partial charge in [0.15, 0.2) is 11.5 Å². The van der Waals surface area contributed by atoms with Gasteiger partial charge in [-0.15, -0.1) is 0 Å². The Labute approximate surface area is 224 Å². The van der Waals surface area contributed by atoms with Crippen LogP contribution in [0.5, 0.6) is 17.2 Å². The molecule has 1 atom stereocenters. The monoisotopic (exact) mass is 538 g/mol. The summed E-state index contributed by atoms with van der Waals surface area (Å²) in [6.07, 6.45) is 0.197. The van der Waals surface area contributed by atoms with Crippen LogP contribution in [0.3, 0.4) is 0 Å². The second-order valence-electron chi connectivity index (χ2n) is 8.71. The molecule has 9 nitrogen and oxygen atoms in total. The lowest BCUT2D eigenvalue weighted by Crippen LogP contribution is -2.42. The summed E-state index contributed by atoms with van der Waals surface area (Å²) in [6.45, 7) is 0.864. The van der Waals surface area contributed by atoms with E-state index in [1.807, 2.05) is 12.1 Å². The number of carboxylic acid groups (broad SMARTS) is 1. The first-order valence-corrected chi connectivity index (χ1v) is 12.2. The van der Waals surface area contributed by atoms with E-state index >= 15 is 0 Å². The summed E-state index contributed by atoms with van der Waals surface area (Å²) in [5.41, 5.74) is 2.88. The predicted molar refractivity (Wildman–Crippen MR) is 140 cm³/mol. The average Bonchev–Trinajstić information content (AvgIpc) is 2.92. The first-order chi connectivity index (χ1) is 18.3. The number of hydrogen-bond donors (Lipinski definition) is 2. The maximum Gasteiger partial charge on any atom is 0.415 e. The van der Waals surface area contributed by atoms with Gasteiger partial charge in [0.2, 0.25) is 0 Å². The van der Waals surface area contributed by atoms with Gasteiger partial charge in [0.1, 0.15) is 11.8 Å². The van der Waals surface area contributed by atoms with Crippen molar-refractivity contribution in [1.29, 1.82) is 0 Å². The van der Waals surface area contributed by atoms with Crippen molar-refractivity contribution in [3.8, 4) is 17.2 Å². The largest absolute Gasteiger partial charge is 0.493 e. The fourth-order valence-electron chi connectivity index (χ4n) is 4.22. The standard InChI is InChI=1S/C28H27ClN2O7/c1-36-24-14-18-11-12-31(16-19(18)15-25(24)37-2)28(35)38-20-9-7-17(8-10-20)13-23(27(33)34)30-26(32)21-5-3-4-6-22(21)29/h3-10,14-15,23H,11-13,16H2,1-2H3,(H,30,32)(H,33,34)/t23-/m0/s1.